The lowest BCUT2D eigenvalue weighted by molar-refractivity contribution is -0.695. The average molecular weight is 305 g/mol. The molecule has 0 bridgehead atoms. The van der Waals surface area contributed by atoms with E-state index in [1.807, 2.05) is 41.2 Å². The Morgan fingerprint density at radius 2 is 2.05 bits per heavy atom. The number of carbonyl (C=O) groups is 1. The van der Waals surface area contributed by atoms with E-state index in [-0.39, 0.29) is 5.24 Å². The van der Waals surface area contributed by atoms with Gasteiger partial charge >= 0.3 is 0 Å². The van der Waals surface area contributed by atoms with Gasteiger partial charge < -0.3 is 0 Å². The fourth-order valence-electron chi connectivity index (χ4n) is 1.91. The number of pyridine rings is 2. The predicted octanol–water partition coefficient (Wildman–Crippen LogP) is 2.80. The summed E-state index contributed by atoms with van der Waals surface area (Å²) in [6, 6.07) is 7.90. The van der Waals surface area contributed by atoms with E-state index in [2.05, 4.69) is 9.97 Å². The smallest absolute Gasteiger partial charge is 0.227 e. The van der Waals surface area contributed by atoms with Crippen LogP contribution in [0.25, 0.3) is 21.6 Å². The Labute approximate surface area is 124 Å². The van der Waals surface area contributed by atoms with Crippen molar-refractivity contribution >= 4 is 38.5 Å². The van der Waals surface area contributed by atoms with Crippen molar-refractivity contribution in [2.45, 2.75) is 13.0 Å². The van der Waals surface area contributed by atoms with Crippen LogP contribution in [0.3, 0.4) is 0 Å². The van der Waals surface area contributed by atoms with Crippen molar-refractivity contribution in [2.75, 3.05) is 0 Å². The van der Waals surface area contributed by atoms with Gasteiger partial charge in [-0.05, 0) is 23.7 Å². The van der Waals surface area contributed by atoms with Crippen LogP contribution in [0.15, 0.2) is 42.2 Å². The van der Waals surface area contributed by atoms with Crippen LogP contribution in [0.4, 0.5) is 0 Å². The summed E-state index contributed by atoms with van der Waals surface area (Å²) < 4.78 is 1.93. The lowest BCUT2D eigenvalue weighted by Gasteiger charge is -2.00. The second-order valence-electron chi connectivity index (χ2n) is 4.30. The normalized spacial score (nSPS) is 10.8. The van der Waals surface area contributed by atoms with Crippen LogP contribution in [0.1, 0.15) is 6.42 Å². The zero-order valence-electron chi connectivity index (χ0n) is 10.5. The molecule has 3 heterocycles. The SMILES string of the molecule is O=C(Cl)CC[n+]1ccc(-c2ccc3ncsc3n2)cc1. The third kappa shape index (κ3) is 2.84. The van der Waals surface area contributed by atoms with Crippen molar-refractivity contribution in [3.63, 3.8) is 0 Å². The summed E-state index contributed by atoms with van der Waals surface area (Å²) in [4.78, 5) is 20.5. The van der Waals surface area contributed by atoms with E-state index < -0.39 is 0 Å². The number of rotatable bonds is 4. The molecule has 3 aromatic rings. The molecule has 0 atom stereocenters. The summed E-state index contributed by atoms with van der Waals surface area (Å²) in [7, 11) is 0. The largest absolute Gasteiger partial charge is 0.281 e. The molecule has 20 heavy (non-hydrogen) atoms. The topological polar surface area (TPSA) is 46.7 Å². The van der Waals surface area contributed by atoms with Crippen molar-refractivity contribution in [3.05, 3.63) is 42.2 Å². The minimum absolute atomic E-state index is 0.320. The molecule has 0 spiro atoms. The molecular formula is C14H11ClN3OS+. The summed E-state index contributed by atoms with van der Waals surface area (Å²) in [5.41, 5.74) is 4.67. The first-order valence-electron chi connectivity index (χ1n) is 6.10. The highest BCUT2D eigenvalue weighted by atomic mass is 35.5. The molecule has 6 heteroatoms. The van der Waals surface area contributed by atoms with Gasteiger partial charge in [0, 0.05) is 17.7 Å². The first-order valence-corrected chi connectivity index (χ1v) is 7.36. The molecule has 0 aliphatic heterocycles. The second-order valence-corrected chi connectivity index (χ2v) is 5.56. The fourth-order valence-corrected chi connectivity index (χ4v) is 2.65. The zero-order valence-corrected chi connectivity index (χ0v) is 12.1. The van der Waals surface area contributed by atoms with Gasteiger partial charge in [-0.3, -0.25) is 4.79 Å². The highest BCUT2D eigenvalue weighted by Gasteiger charge is 2.07. The molecule has 0 unspecified atom stereocenters. The third-order valence-corrected chi connectivity index (χ3v) is 3.87. The standard InChI is InChI=1S/C14H11ClN3OS/c15-13(19)5-8-18-6-3-10(4-7-18)11-1-2-12-14(17-11)20-9-16-12/h1-4,6-7,9H,5,8H2/q+1. The summed E-state index contributed by atoms with van der Waals surface area (Å²) in [6.45, 7) is 0.587. The highest BCUT2D eigenvalue weighted by Crippen LogP contribution is 2.21. The van der Waals surface area contributed by atoms with Crippen LogP contribution in [-0.2, 0) is 11.3 Å². The predicted molar refractivity (Wildman–Crippen MR) is 78.5 cm³/mol. The van der Waals surface area contributed by atoms with Gasteiger partial charge in [0.25, 0.3) is 0 Å². The molecule has 4 nitrogen and oxygen atoms in total. The number of carbonyl (C=O) groups excluding carboxylic acids is 1. The van der Waals surface area contributed by atoms with Gasteiger partial charge in [0.05, 0.1) is 23.1 Å². The van der Waals surface area contributed by atoms with Crippen LogP contribution < -0.4 is 4.57 Å². The molecule has 0 aliphatic rings. The molecule has 100 valence electrons. The minimum atomic E-state index is -0.320. The van der Waals surface area contributed by atoms with Crippen LogP contribution >= 0.6 is 22.9 Å². The van der Waals surface area contributed by atoms with Gasteiger partial charge in [0.1, 0.15) is 4.83 Å². The molecule has 3 aromatic heterocycles. The van der Waals surface area contributed by atoms with E-state index in [0.717, 1.165) is 21.6 Å². The fraction of sp³-hybridized carbons (Fsp3) is 0.143. The number of halogens is 1. The van der Waals surface area contributed by atoms with Crippen molar-refractivity contribution < 1.29 is 9.36 Å². The molecule has 0 aromatic carbocycles. The van der Waals surface area contributed by atoms with Crippen LogP contribution in [0.2, 0.25) is 0 Å². The Bertz CT molecular complexity index is 754. The van der Waals surface area contributed by atoms with Crippen molar-refractivity contribution in [1.82, 2.24) is 9.97 Å². The lowest BCUT2D eigenvalue weighted by Crippen LogP contribution is -2.33. The number of thiazole rings is 1. The summed E-state index contributed by atoms with van der Waals surface area (Å²) in [5.74, 6) is 0. The van der Waals surface area contributed by atoms with E-state index in [1.165, 1.54) is 11.3 Å². The highest BCUT2D eigenvalue weighted by molar-refractivity contribution is 7.16. The first-order chi connectivity index (χ1) is 9.72. The van der Waals surface area contributed by atoms with Crippen LogP contribution in [0, 0.1) is 0 Å². The Morgan fingerprint density at radius 1 is 1.25 bits per heavy atom. The van der Waals surface area contributed by atoms with Gasteiger partial charge in [-0.1, -0.05) is 0 Å². The molecule has 0 saturated carbocycles. The Morgan fingerprint density at radius 3 is 2.80 bits per heavy atom. The molecule has 0 radical (unpaired) electrons. The number of hydrogen-bond acceptors (Lipinski definition) is 4. The van der Waals surface area contributed by atoms with E-state index in [4.69, 9.17) is 11.6 Å². The number of fused-ring (bicyclic) bond motifs is 1. The molecule has 0 amide bonds. The van der Waals surface area contributed by atoms with Crippen molar-refractivity contribution in [3.8, 4) is 11.3 Å². The van der Waals surface area contributed by atoms with Gasteiger partial charge in [0.2, 0.25) is 5.24 Å². The van der Waals surface area contributed by atoms with Crippen LogP contribution in [-0.4, -0.2) is 15.2 Å². The lowest BCUT2D eigenvalue weighted by atomic mass is 10.2. The van der Waals surface area contributed by atoms with Crippen LogP contribution in [0.5, 0.6) is 0 Å². The summed E-state index contributed by atoms with van der Waals surface area (Å²) in [6.07, 6.45) is 4.18. The molecule has 0 saturated heterocycles. The Hall–Kier alpha value is -1.85. The molecular weight excluding hydrogens is 294 g/mol. The summed E-state index contributed by atoms with van der Waals surface area (Å²) >= 11 is 6.86. The van der Waals surface area contributed by atoms with E-state index in [1.54, 1.807) is 5.51 Å². The van der Waals surface area contributed by atoms with E-state index >= 15 is 0 Å². The van der Waals surface area contributed by atoms with Gasteiger partial charge in [-0.2, -0.15) is 0 Å². The van der Waals surface area contributed by atoms with Gasteiger partial charge in [0.15, 0.2) is 18.9 Å². The van der Waals surface area contributed by atoms with Gasteiger partial charge in [-0.25, -0.2) is 14.5 Å². The molecule has 0 N–H and O–H groups in total. The Balaban J connectivity index is 1.84. The number of aromatic nitrogens is 3. The maximum atomic E-state index is 10.7. The van der Waals surface area contributed by atoms with E-state index in [9.17, 15) is 4.79 Å². The molecule has 0 fully saturated rings. The maximum absolute atomic E-state index is 10.7. The monoisotopic (exact) mass is 304 g/mol. The number of nitrogens with zero attached hydrogens (tertiary/aromatic N) is 3. The van der Waals surface area contributed by atoms with Crippen molar-refractivity contribution in [1.29, 1.82) is 0 Å². The molecule has 0 aliphatic carbocycles. The van der Waals surface area contributed by atoms with Gasteiger partial charge in [-0.15, -0.1) is 11.3 Å². The van der Waals surface area contributed by atoms with E-state index in [0.29, 0.717) is 13.0 Å². The number of hydrogen-bond donors (Lipinski definition) is 0. The number of aryl methyl sites for hydroxylation is 1. The zero-order chi connectivity index (χ0) is 13.9. The Kier molecular flexibility index (Phi) is 3.71. The first kappa shape index (κ1) is 13.1. The minimum Gasteiger partial charge on any atom is -0.281 e. The molecule has 3 rings (SSSR count). The third-order valence-electron chi connectivity index (χ3n) is 2.95. The second kappa shape index (κ2) is 5.64. The maximum Gasteiger partial charge on any atom is 0.227 e. The average Bonchev–Trinajstić information content (AvgIpc) is 2.93. The quantitative estimate of drug-likeness (QED) is 0.550. The summed E-state index contributed by atoms with van der Waals surface area (Å²) in [5, 5.41) is -0.320. The van der Waals surface area contributed by atoms with Crippen molar-refractivity contribution in [2.24, 2.45) is 0 Å².